The molecule has 0 atom stereocenters. The molecular weight excluding hydrogens is 201 g/mol. The molecule has 0 aromatic heterocycles. The van der Waals surface area contributed by atoms with Crippen LogP contribution in [0, 0.1) is 24.1 Å². The third-order valence-electron chi connectivity index (χ3n) is 2.52. The fraction of sp³-hybridized carbons (Fsp3) is 0.0714. The molecule has 16 heavy (non-hydrogen) atoms. The van der Waals surface area contributed by atoms with E-state index >= 15 is 0 Å². The van der Waals surface area contributed by atoms with Crippen LogP contribution < -0.4 is 0 Å². The van der Waals surface area contributed by atoms with Gasteiger partial charge in [-0.25, -0.2) is 4.39 Å². The Kier molecular flexibility index (Phi) is 2.70. The zero-order valence-electron chi connectivity index (χ0n) is 8.87. The van der Waals surface area contributed by atoms with Crippen molar-refractivity contribution in [3.8, 4) is 17.2 Å². The second-order valence-corrected chi connectivity index (χ2v) is 3.63. The van der Waals surface area contributed by atoms with Gasteiger partial charge >= 0.3 is 0 Å². The Morgan fingerprint density at radius 1 is 1.06 bits per heavy atom. The molecule has 78 valence electrons. The quantitative estimate of drug-likeness (QED) is 0.706. The van der Waals surface area contributed by atoms with Crippen molar-refractivity contribution in [3.05, 3.63) is 59.4 Å². The van der Waals surface area contributed by atoms with Gasteiger partial charge in [0.2, 0.25) is 0 Å². The van der Waals surface area contributed by atoms with E-state index in [1.807, 2.05) is 12.1 Å². The summed E-state index contributed by atoms with van der Waals surface area (Å²) in [6.07, 6.45) is 0. The van der Waals surface area contributed by atoms with Crippen molar-refractivity contribution in [2.75, 3.05) is 0 Å². The maximum absolute atomic E-state index is 13.8. The van der Waals surface area contributed by atoms with Gasteiger partial charge in [0.05, 0.1) is 11.6 Å². The van der Waals surface area contributed by atoms with E-state index in [-0.39, 0.29) is 5.82 Å². The van der Waals surface area contributed by atoms with Crippen molar-refractivity contribution >= 4 is 0 Å². The molecule has 0 saturated carbocycles. The van der Waals surface area contributed by atoms with Gasteiger partial charge in [-0.1, -0.05) is 30.3 Å². The van der Waals surface area contributed by atoms with Crippen molar-refractivity contribution in [2.45, 2.75) is 6.92 Å². The smallest absolute Gasteiger partial charge is 0.133 e. The van der Waals surface area contributed by atoms with Gasteiger partial charge in [0, 0.05) is 5.56 Å². The SMILES string of the molecule is Cc1cccc(-c2ccc(C#N)cc2)c1F. The maximum atomic E-state index is 13.8. The topological polar surface area (TPSA) is 23.8 Å². The predicted octanol–water partition coefficient (Wildman–Crippen LogP) is 3.67. The van der Waals surface area contributed by atoms with Crippen LogP contribution in [0.1, 0.15) is 11.1 Å². The maximum Gasteiger partial charge on any atom is 0.133 e. The average molecular weight is 211 g/mol. The van der Waals surface area contributed by atoms with Gasteiger partial charge in [0.1, 0.15) is 5.82 Å². The Bertz CT molecular complexity index is 550. The number of aryl methyl sites for hydroxylation is 1. The van der Waals surface area contributed by atoms with Crippen molar-refractivity contribution in [1.82, 2.24) is 0 Å². The molecule has 0 N–H and O–H groups in total. The third-order valence-corrected chi connectivity index (χ3v) is 2.52. The lowest BCUT2D eigenvalue weighted by atomic mass is 10.0. The summed E-state index contributed by atoms with van der Waals surface area (Å²) in [5.74, 6) is -0.202. The molecule has 2 aromatic rings. The lowest BCUT2D eigenvalue weighted by Crippen LogP contribution is -1.88. The molecule has 2 aromatic carbocycles. The Morgan fingerprint density at radius 2 is 1.75 bits per heavy atom. The van der Waals surface area contributed by atoms with Crippen LogP contribution in [-0.2, 0) is 0 Å². The summed E-state index contributed by atoms with van der Waals surface area (Å²) >= 11 is 0. The number of nitriles is 1. The fourth-order valence-corrected chi connectivity index (χ4v) is 1.59. The van der Waals surface area contributed by atoms with Gasteiger partial charge in [0.15, 0.2) is 0 Å². The molecule has 0 unspecified atom stereocenters. The van der Waals surface area contributed by atoms with E-state index in [0.717, 1.165) is 5.56 Å². The van der Waals surface area contributed by atoms with Crippen LogP contribution in [0.5, 0.6) is 0 Å². The zero-order valence-corrected chi connectivity index (χ0v) is 8.87. The number of hydrogen-bond donors (Lipinski definition) is 0. The zero-order chi connectivity index (χ0) is 11.5. The molecule has 0 radical (unpaired) electrons. The second-order valence-electron chi connectivity index (χ2n) is 3.63. The molecular formula is C14H10FN. The van der Waals surface area contributed by atoms with E-state index in [0.29, 0.717) is 16.7 Å². The summed E-state index contributed by atoms with van der Waals surface area (Å²) in [5, 5.41) is 8.67. The molecule has 1 nitrogen and oxygen atoms in total. The average Bonchev–Trinajstić information content (AvgIpc) is 2.33. The highest BCUT2D eigenvalue weighted by Gasteiger charge is 2.06. The molecule has 0 aliphatic carbocycles. The Hall–Kier alpha value is -2.14. The molecule has 0 spiro atoms. The predicted molar refractivity (Wildman–Crippen MR) is 61.3 cm³/mol. The molecule has 0 aliphatic heterocycles. The van der Waals surface area contributed by atoms with Crippen molar-refractivity contribution in [1.29, 1.82) is 5.26 Å². The van der Waals surface area contributed by atoms with Gasteiger partial charge in [-0.15, -0.1) is 0 Å². The van der Waals surface area contributed by atoms with Gasteiger partial charge in [0.25, 0.3) is 0 Å². The summed E-state index contributed by atoms with van der Waals surface area (Å²) in [4.78, 5) is 0. The van der Waals surface area contributed by atoms with Gasteiger partial charge in [-0.05, 0) is 30.2 Å². The number of benzene rings is 2. The fourth-order valence-electron chi connectivity index (χ4n) is 1.59. The lowest BCUT2D eigenvalue weighted by molar-refractivity contribution is 0.622. The van der Waals surface area contributed by atoms with E-state index < -0.39 is 0 Å². The number of hydrogen-bond acceptors (Lipinski definition) is 1. The Balaban J connectivity index is 2.51. The molecule has 0 aliphatic rings. The van der Waals surface area contributed by atoms with Crippen LogP contribution in [0.3, 0.4) is 0 Å². The highest BCUT2D eigenvalue weighted by molar-refractivity contribution is 5.65. The second kappa shape index (κ2) is 4.16. The Morgan fingerprint density at radius 3 is 2.38 bits per heavy atom. The molecule has 0 bridgehead atoms. The third kappa shape index (κ3) is 1.80. The van der Waals surface area contributed by atoms with Crippen LogP contribution in [0.15, 0.2) is 42.5 Å². The normalized spacial score (nSPS) is 9.81. The summed E-state index contributed by atoms with van der Waals surface area (Å²) < 4.78 is 13.8. The van der Waals surface area contributed by atoms with Crippen molar-refractivity contribution < 1.29 is 4.39 Å². The molecule has 0 heterocycles. The monoisotopic (exact) mass is 211 g/mol. The molecule has 0 amide bonds. The van der Waals surface area contributed by atoms with Crippen molar-refractivity contribution in [2.24, 2.45) is 0 Å². The summed E-state index contributed by atoms with van der Waals surface area (Å²) in [6, 6.07) is 14.2. The van der Waals surface area contributed by atoms with Crippen LogP contribution in [0.2, 0.25) is 0 Å². The first-order valence-corrected chi connectivity index (χ1v) is 4.98. The minimum absolute atomic E-state index is 0.202. The first-order chi connectivity index (χ1) is 7.72. The summed E-state index contributed by atoms with van der Waals surface area (Å²) in [6.45, 7) is 1.74. The van der Waals surface area contributed by atoms with Gasteiger partial charge in [-0.3, -0.25) is 0 Å². The highest BCUT2D eigenvalue weighted by Crippen LogP contribution is 2.24. The summed E-state index contributed by atoms with van der Waals surface area (Å²) in [7, 11) is 0. The van der Waals surface area contributed by atoms with Crippen molar-refractivity contribution in [3.63, 3.8) is 0 Å². The van der Waals surface area contributed by atoms with E-state index in [2.05, 4.69) is 0 Å². The molecule has 0 saturated heterocycles. The van der Waals surface area contributed by atoms with E-state index in [1.165, 1.54) is 0 Å². The molecule has 0 fully saturated rings. The van der Waals surface area contributed by atoms with Crippen LogP contribution in [0.4, 0.5) is 4.39 Å². The highest BCUT2D eigenvalue weighted by atomic mass is 19.1. The molecule has 2 heteroatoms. The number of halogens is 1. The minimum atomic E-state index is -0.202. The van der Waals surface area contributed by atoms with Crippen LogP contribution in [0.25, 0.3) is 11.1 Å². The number of rotatable bonds is 1. The van der Waals surface area contributed by atoms with E-state index in [9.17, 15) is 4.39 Å². The van der Waals surface area contributed by atoms with Gasteiger partial charge in [-0.2, -0.15) is 5.26 Å². The molecule has 2 rings (SSSR count). The Labute approximate surface area is 93.8 Å². The number of nitrogens with zero attached hydrogens (tertiary/aromatic N) is 1. The standard InChI is InChI=1S/C14H10FN/c1-10-3-2-4-13(14(10)15)12-7-5-11(9-16)6-8-12/h2-8H,1H3. The lowest BCUT2D eigenvalue weighted by Gasteiger charge is -2.05. The largest absolute Gasteiger partial charge is 0.206 e. The minimum Gasteiger partial charge on any atom is -0.206 e. The van der Waals surface area contributed by atoms with E-state index in [1.54, 1.807) is 43.3 Å². The van der Waals surface area contributed by atoms with E-state index in [4.69, 9.17) is 5.26 Å². The van der Waals surface area contributed by atoms with Crippen LogP contribution >= 0.6 is 0 Å². The first-order valence-electron chi connectivity index (χ1n) is 4.98. The van der Waals surface area contributed by atoms with Crippen LogP contribution in [-0.4, -0.2) is 0 Å². The summed E-state index contributed by atoms with van der Waals surface area (Å²) in [5.41, 5.74) is 2.57. The van der Waals surface area contributed by atoms with Gasteiger partial charge < -0.3 is 0 Å². The first kappa shape index (κ1) is 10.4.